The van der Waals surface area contributed by atoms with Gasteiger partial charge in [0.2, 0.25) is 0 Å². The van der Waals surface area contributed by atoms with Crippen LogP contribution in [0.15, 0.2) is 29.3 Å². The van der Waals surface area contributed by atoms with Gasteiger partial charge in [-0.2, -0.15) is 0 Å². The molecule has 0 atom stereocenters. The van der Waals surface area contributed by atoms with Crippen molar-refractivity contribution in [1.82, 2.24) is 16.0 Å². The molecule has 2 rings (SSSR count). The topological polar surface area (TPSA) is 84.0 Å². The van der Waals surface area contributed by atoms with Gasteiger partial charge >= 0.3 is 0 Å². The average Bonchev–Trinajstić information content (AvgIpc) is 2.76. The molecular formula is C22H36N4O3. The van der Waals surface area contributed by atoms with Crippen molar-refractivity contribution in [3.05, 3.63) is 35.4 Å². The molecular weight excluding hydrogens is 368 g/mol. The lowest BCUT2D eigenvalue weighted by molar-refractivity contribution is 0.0205. The molecule has 1 fully saturated rings. The molecule has 1 saturated heterocycles. The van der Waals surface area contributed by atoms with Gasteiger partial charge in [0, 0.05) is 58.7 Å². The second kappa shape index (κ2) is 14.0. The van der Waals surface area contributed by atoms with Crippen molar-refractivity contribution in [3.8, 4) is 0 Å². The Morgan fingerprint density at radius 1 is 1.28 bits per heavy atom. The monoisotopic (exact) mass is 404 g/mol. The summed E-state index contributed by atoms with van der Waals surface area (Å²) in [5.41, 5.74) is 1.81. The van der Waals surface area contributed by atoms with E-state index in [0.29, 0.717) is 11.5 Å². The van der Waals surface area contributed by atoms with Crippen LogP contribution in [0.1, 0.15) is 42.1 Å². The molecule has 0 saturated carbocycles. The lowest BCUT2D eigenvalue weighted by atomic mass is 10.0. The maximum absolute atomic E-state index is 11.7. The molecule has 3 N–H and O–H groups in total. The minimum Gasteiger partial charge on any atom is -0.381 e. The van der Waals surface area contributed by atoms with Gasteiger partial charge in [-0.25, -0.2) is 0 Å². The molecule has 1 aromatic carbocycles. The highest BCUT2D eigenvalue weighted by Gasteiger charge is 2.13. The van der Waals surface area contributed by atoms with Crippen LogP contribution in [0.4, 0.5) is 0 Å². The highest BCUT2D eigenvalue weighted by Crippen LogP contribution is 2.14. The van der Waals surface area contributed by atoms with Gasteiger partial charge in [-0.15, -0.1) is 0 Å². The number of amides is 1. The summed E-state index contributed by atoms with van der Waals surface area (Å²) in [5, 5.41) is 9.28. The molecule has 1 amide bonds. The Labute approximate surface area is 174 Å². The number of carbonyl (C=O) groups is 1. The van der Waals surface area contributed by atoms with E-state index < -0.39 is 0 Å². The summed E-state index contributed by atoms with van der Waals surface area (Å²) in [5.74, 6) is 1.40. The summed E-state index contributed by atoms with van der Waals surface area (Å²) < 4.78 is 11.2. The van der Waals surface area contributed by atoms with Crippen molar-refractivity contribution in [2.75, 3.05) is 53.1 Å². The van der Waals surface area contributed by atoms with E-state index in [1.54, 1.807) is 7.05 Å². The second-order valence-corrected chi connectivity index (χ2v) is 7.20. The molecule has 0 aromatic heterocycles. The van der Waals surface area contributed by atoms with Gasteiger partial charge in [0.1, 0.15) is 0 Å². The van der Waals surface area contributed by atoms with E-state index in [-0.39, 0.29) is 5.91 Å². The first kappa shape index (κ1) is 23.2. The number of benzene rings is 1. The molecule has 1 aliphatic heterocycles. The Kier molecular flexibility index (Phi) is 11.1. The van der Waals surface area contributed by atoms with Crippen LogP contribution in [0, 0.1) is 5.92 Å². The first-order valence-corrected chi connectivity index (χ1v) is 10.7. The molecule has 0 aliphatic carbocycles. The van der Waals surface area contributed by atoms with Crippen LogP contribution in [0.25, 0.3) is 0 Å². The molecule has 0 bridgehead atoms. The van der Waals surface area contributed by atoms with Gasteiger partial charge < -0.3 is 25.4 Å². The third-order valence-electron chi connectivity index (χ3n) is 4.88. The lowest BCUT2D eigenvalue weighted by Crippen LogP contribution is -2.38. The van der Waals surface area contributed by atoms with Crippen molar-refractivity contribution in [2.45, 2.75) is 32.6 Å². The zero-order chi connectivity index (χ0) is 20.7. The predicted molar refractivity (Wildman–Crippen MR) is 116 cm³/mol. The summed E-state index contributed by atoms with van der Waals surface area (Å²) in [6.07, 6.45) is 3.95. The molecule has 29 heavy (non-hydrogen) atoms. The number of guanidine groups is 1. The van der Waals surface area contributed by atoms with E-state index in [1.807, 2.05) is 24.3 Å². The largest absolute Gasteiger partial charge is 0.381 e. The van der Waals surface area contributed by atoms with E-state index in [1.165, 1.54) is 0 Å². The fraction of sp³-hybridized carbons (Fsp3) is 0.636. The maximum Gasteiger partial charge on any atom is 0.251 e. The first-order chi connectivity index (χ1) is 14.2. The first-order valence-electron chi connectivity index (χ1n) is 10.7. The van der Waals surface area contributed by atoms with E-state index in [2.05, 4.69) is 27.9 Å². The SMILES string of the molecule is CCNC(=NCCCOCC1CCOCC1)NCCc1cccc(C(=O)NC)c1. The second-order valence-electron chi connectivity index (χ2n) is 7.20. The fourth-order valence-corrected chi connectivity index (χ4v) is 3.20. The number of aliphatic imine (C=N–C) groups is 1. The molecule has 0 unspecified atom stereocenters. The third-order valence-corrected chi connectivity index (χ3v) is 4.88. The van der Waals surface area contributed by atoms with Crippen molar-refractivity contribution in [1.29, 1.82) is 0 Å². The van der Waals surface area contributed by atoms with Gasteiger partial charge in [-0.05, 0) is 56.2 Å². The van der Waals surface area contributed by atoms with Crippen LogP contribution >= 0.6 is 0 Å². The quantitative estimate of drug-likeness (QED) is 0.298. The van der Waals surface area contributed by atoms with Gasteiger partial charge in [0.15, 0.2) is 5.96 Å². The van der Waals surface area contributed by atoms with E-state index in [0.717, 1.165) is 83.3 Å². The van der Waals surface area contributed by atoms with Crippen LogP contribution < -0.4 is 16.0 Å². The average molecular weight is 405 g/mol. The number of hydrogen-bond acceptors (Lipinski definition) is 4. The van der Waals surface area contributed by atoms with E-state index in [9.17, 15) is 4.79 Å². The number of rotatable bonds is 11. The molecule has 162 valence electrons. The van der Waals surface area contributed by atoms with Crippen LogP contribution in [0.3, 0.4) is 0 Å². The molecule has 0 spiro atoms. The Hall–Kier alpha value is -2.12. The normalized spacial score (nSPS) is 15.2. The Balaban J connectivity index is 1.65. The minimum absolute atomic E-state index is 0.0613. The lowest BCUT2D eigenvalue weighted by Gasteiger charge is -2.21. The van der Waals surface area contributed by atoms with E-state index in [4.69, 9.17) is 9.47 Å². The van der Waals surface area contributed by atoms with Crippen molar-refractivity contribution in [3.63, 3.8) is 0 Å². The fourth-order valence-electron chi connectivity index (χ4n) is 3.20. The van der Waals surface area contributed by atoms with Gasteiger partial charge in [-0.3, -0.25) is 9.79 Å². The van der Waals surface area contributed by atoms with Crippen LogP contribution in [-0.4, -0.2) is 65.0 Å². The van der Waals surface area contributed by atoms with Crippen LogP contribution in [-0.2, 0) is 15.9 Å². The number of nitrogens with zero attached hydrogens (tertiary/aromatic N) is 1. The van der Waals surface area contributed by atoms with Gasteiger partial charge in [-0.1, -0.05) is 12.1 Å². The maximum atomic E-state index is 11.7. The Morgan fingerprint density at radius 3 is 2.86 bits per heavy atom. The van der Waals surface area contributed by atoms with Crippen LogP contribution in [0.5, 0.6) is 0 Å². The summed E-state index contributed by atoms with van der Waals surface area (Å²) in [6.45, 7) is 7.67. The van der Waals surface area contributed by atoms with Crippen molar-refractivity contribution >= 4 is 11.9 Å². The van der Waals surface area contributed by atoms with Crippen molar-refractivity contribution < 1.29 is 14.3 Å². The third kappa shape index (κ3) is 9.28. The van der Waals surface area contributed by atoms with Crippen molar-refractivity contribution in [2.24, 2.45) is 10.9 Å². The van der Waals surface area contributed by atoms with E-state index >= 15 is 0 Å². The zero-order valence-electron chi connectivity index (χ0n) is 17.8. The standard InChI is InChI=1S/C22H36N4O3/c1-3-24-22(25-11-5-13-29-17-19-9-14-28-15-10-19)26-12-8-18-6-4-7-20(16-18)21(27)23-2/h4,6-7,16,19H,3,5,8-15,17H2,1-2H3,(H,23,27)(H2,24,25,26). The molecule has 7 nitrogen and oxygen atoms in total. The molecule has 7 heteroatoms. The zero-order valence-corrected chi connectivity index (χ0v) is 17.8. The molecule has 1 aliphatic rings. The predicted octanol–water partition coefficient (Wildman–Crippen LogP) is 1.98. The molecule has 1 aromatic rings. The van der Waals surface area contributed by atoms with Gasteiger partial charge in [0.05, 0.1) is 0 Å². The molecule has 1 heterocycles. The summed E-state index contributed by atoms with van der Waals surface area (Å²) >= 11 is 0. The Morgan fingerprint density at radius 2 is 2.10 bits per heavy atom. The number of ether oxygens (including phenoxy) is 2. The minimum atomic E-state index is -0.0613. The molecule has 0 radical (unpaired) electrons. The summed E-state index contributed by atoms with van der Waals surface area (Å²) in [6, 6.07) is 7.71. The summed E-state index contributed by atoms with van der Waals surface area (Å²) in [7, 11) is 1.64. The number of carbonyl (C=O) groups excluding carboxylic acids is 1. The smallest absolute Gasteiger partial charge is 0.251 e. The highest BCUT2D eigenvalue weighted by molar-refractivity contribution is 5.94. The summed E-state index contributed by atoms with van der Waals surface area (Å²) in [4.78, 5) is 16.4. The number of nitrogens with one attached hydrogen (secondary N) is 3. The van der Waals surface area contributed by atoms with Gasteiger partial charge in [0.25, 0.3) is 5.91 Å². The van der Waals surface area contributed by atoms with Crippen LogP contribution in [0.2, 0.25) is 0 Å². The Bertz CT molecular complexity index is 630. The number of hydrogen-bond donors (Lipinski definition) is 3. The highest BCUT2D eigenvalue weighted by atomic mass is 16.5.